The Morgan fingerprint density at radius 1 is 1.00 bits per heavy atom. The average molecular weight is 270 g/mol. The molecule has 104 valence electrons. The van der Waals surface area contributed by atoms with Crippen LogP contribution in [0.2, 0.25) is 0 Å². The average Bonchev–Trinajstić information content (AvgIpc) is 2.43. The number of benzene rings is 2. The topological polar surface area (TPSA) is 46.5 Å². The molecule has 1 unspecified atom stereocenters. The normalized spacial score (nSPS) is 11.9. The van der Waals surface area contributed by atoms with E-state index in [0.29, 0.717) is 5.75 Å². The molecule has 0 aliphatic carbocycles. The lowest BCUT2D eigenvalue weighted by Gasteiger charge is -2.10. The van der Waals surface area contributed by atoms with E-state index in [4.69, 9.17) is 9.84 Å². The van der Waals surface area contributed by atoms with E-state index in [2.05, 4.69) is 6.92 Å². The van der Waals surface area contributed by atoms with E-state index in [1.54, 1.807) is 31.2 Å². The van der Waals surface area contributed by atoms with Gasteiger partial charge in [0, 0.05) is 0 Å². The van der Waals surface area contributed by atoms with Crippen molar-refractivity contribution in [3.8, 4) is 11.5 Å². The maximum atomic E-state index is 10.9. The molecule has 2 aromatic rings. The van der Waals surface area contributed by atoms with Crippen molar-refractivity contribution < 1.29 is 14.6 Å². The lowest BCUT2D eigenvalue weighted by Crippen LogP contribution is -2.06. The zero-order valence-corrected chi connectivity index (χ0v) is 11.9. The summed E-state index contributed by atoms with van der Waals surface area (Å²) in [4.78, 5) is 10.9. The zero-order valence-electron chi connectivity index (χ0n) is 11.9. The van der Waals surface area contributed by atoms with Crippen LogP contribution in [-0.4, -0.2) is 11.1 Å². The fraction of sp³-hybridized carbons (Fsp3) is 0.235. The Morgan fingerprint density at radius 2 is 1.60 bits per heavy atom. The van der Waals surface area contributed by atoms with Crippen LogP contribution in [0.15, 0.2) is 42.5 Å². The van der Waals surface area contributed by atoms with Crippen LogP contribution in [0.5, 0.6) is 11.5 Å². The quantitative estimate of drug-likeness (QED) is 0.901. The number of carboxylic acid groups (broad SMARTS) is 1. The number of hydrogen-bond acceptors (Lipinski definition) is 2. The van der Waals surface area contributed by atoms with E-state index in [9.17, 15) is 4.79 Å². The third-order valence-electron chi connectivity index (χ3n) is 3.46. The van der Waals surface area contributed by atoms with E-state index in [-0.39, 0.29) is 0 Å². The number of carbonyl (C=O) groups is 1. The van der Waals surface area contributed by atoms with Crippen molar-refractivity contribution in [3.63, 3.8) is 0 Å². The van der Waals surface area contributed by atoms with Crippen LogP contribution in [0, 0.1) is 13.8 Å². The van der Waals surface area contributed by atoms with Crippen molar-refractivity contribution >= 4 is 5.97 Å². The van der Waals surface area contributed by atoms with Gasteiger partial charge in [0.25, 0.3) is 0 Å². The third-order valence-corrected chi connectivity index (χ3v) is 3.46. The second-order valence-electron chi connectivity index (χ2n) is 4.98. The van der Waals surface area contributed by atoms with Crippen LogP contribution in [0.3, 0.4) is 0 Å². The predicted octanol–water partition coefficient (Wildman–Crippen LogP) is 4.28. The summed E-state index contributed by atoms with van der Waals surface area (Å²) >= 11 is 0. The molecule has 2 aromatic carbocycles. The van der Waals surface area contributed by atoms with Gasteiger partial charge in [-0.25, -0.2) is 0 Å². The summed E-state index contributed by atoms with van der Waals surface area (Å²) in [5, 5.41) is 8.97. The van der Waals surface area contributed by atoms with Crippen LogP contribution in [0.25, 0.3) is 0 Å². The van der Waals surface area contributed by atoms with Crippen LogP contribution >= 0.6 is 0 Å². The first-order valence-corrected chi connectivity index (χ1v) is 6.55. The van der Waals surface area contributed by atoms with E-state index in [0.717, 1.165) is 11.3 Å². The van der Waals surface area contributed by atoms with Crippen molar-refractivity contribution in [1.29, 1.82) is 0 Å². The Hall–Kier alpha value is -2.29. The van der Waals surface area contributed by atoms with Gasteiger partial charge in [0.15, 0.2) is 0 Å². The van der Waals surface area contributed by atoms with Gasteiger partial charge in [-0.15, -0.1) is 0 Å². The monoisotopic (exact) mass is 270 g/mol. The van der Waals surface area contributed by atoms with Crippen molar-refractivity contribution in [2.24, 2.45) is 0 Å². The van der Waals surface area contributed by atoms with Crippen molar-refractivity contribution in [3.05, 3.63) is 59.2 Å². The second kappa shape index (κ2) is 5.78. The molecule has 0 heterocycles. The maximum absolute atomic E-state index is 10.9. The van der Waals surface area contributed by atoms with Gasteiger partial charge in [0.05, 0.1) is 5.92 Å². The Morgan fingerprint density at radius 3 is 2.15 bits per heavy atom. The largest absolute Gasteiger partial charge is 0.481 e. The Bertz CT molecular complexity index is 615. The molecule has 0 amide bonds. The second-order valence-corrected chi connectivity index (χ2v) is 4.98. The highest BCUT2D eigenvalue weighted by molar-refractivity contribution is 5.75. The molecule has 0 aliphatic rings. The SMILES string of the molecule is Cc1ccc(Oc2ccc(C(C)C(=O)O)cc2)cc1C. The first kappa shape index (κ1) is 14.1. The minimum absolute atomic E-state index is 0.509. The number of carboxylic acids is 1. The smallest absolute Gasteiger partial charge is 0.310 e. The fourth-order valence-corrected chi connectivity index (χ4v) is 1.88. The summed E-state index contributed by atoms with van der Waals surface area (Å²) in [5.74, 6) is 0.153. The molecular weight excluding hydrogens is 252 g/mol. The van der Waals surface area contributed by atoms with Crippen LogP contribution in [0.1, 0.15) is 29.5 Å². The summed E-state index contributed by atoms with van der Waals surface area (Å²) in [5.41, 5.74) is 3.17. The molecule has 0 aromatic heterocycles. The van der Waals surface area contributed by atoms with Crippen LogP contribution in [-0.2, 0) is 4.79 Å². The lowest BCUT2D eigenvalue weighted by molar-refractivity contribution is -0.138. The molecule has 0 bridgehead atoms. The zero-order chi connectivity index (χ0) is 14.7. The molecule has 1 N–H and O–H groups in total. The number of rotatable bonds is 4. The van der Waals surface area contributed by atoms with Gasteiger partial charge in [0.1, 0.15) is 11.5 Å². The molecule has 1 atom stereocenters. The summed E-state index contributed by atoms with van der Waals surface area (Å²) in [6, 6.07) is 13.1. The summed E-state index contributed by atoms with van der Waals surface area (Å²) in [6.45, 7) is 5.77. The molecule has 0 saturated carbocycles. The van der Waals surface area contributed by atoms with Gasteiger partial charge >= 0.3 is 5.97 Å². The van der Waals surface area contributed by atoms with Crippen molar-refractivity contribution in [2.75, 3.05) is 0 Å². The van der Waals surface area contributed by atoms with Gasteiger partial charge in [-0.2, -0.15) is 0 Å². The van der Waals surface area contributed by atoms with E-state index in [1.165, 1.54) is 11.1 Å². The number of ether oxygens (including phenoxy) is 1. The minimum Gasteiger partial charge on any atom is -0.481 e. The van der Waals surface area contributed by atoms with Crippen molar-refractivity contribution in [2.45, 2.75) is 26.7 Å². The highest BCUT2D eigenvalue weighted by atomic mass is 16.5. The van der Waals surface area contributed by atoms with Gasteiger partial charge in [-0.05, 0) is 61.7 Å². The summed E-state index contributed by atoms with van der Waals surface area (Å²) in [7, 11) is 0. The van der Waals surface area contributed by atoms with E-state index >= 15 is 0 Å². The minimum atomic E-state index is -0.826. The van der Waals surface area contributed by atoms with Gasteiger partial charge < -0.3 is 9.84 Å². The molecule has 3 nitrogen and oxygen atoms in total. The van der Waals surface area contributed by atoms with Gasteiger partial charge in [-0.3, -0.25) is 4.79 Å². The first-order valence-electron chi connectivity index (χ1n) is 6.55. The first-order chi connectivity index (χ1) is 9.47. The lowest BCUT2D eigenvalue weighted by atomic mass is 10.0. The Labute approximate surface area is 118 Å². The molecule has 2 rings (SSSR count). The van der Waals surface area contributed by atoms with Crippen LogP contribution < -0.4 is 4.74 Å². The van der Waals surface area contributed by atoms with Gasteiger partial charge in [-0.1, -0.05) is 18.2 Å². The number of aryl methyl sites for hydroxylation is 2. The van der Waals surface area contributed by atoms with E-state index < -0.39 is 11.9 Å². The summed E-state index contributed by atoms with van der Waals surface area (Å²) in [6.07, 6.45) is 0. The molecule has 0 aliphatic heterocycles. The Kier molecular flexibility index (Phi) is 4.08. The number of hydrogen-bond donors (Lipinski definition) is 1. The summed E-state index contributed by atoms with van der Waals surface area (Å²) < 4.78 is 5.76. The predicted molar refractivity (Wildman–Crippen MR) is 78.5 cm³/mol. The molecular formula is C17H18O3. The molecule has 0 spiro atoms. The number of aliphatic carboxylic acids is 1. The molecule has 0 saturated heterocycles. The van der Waals surface area contributed by atoms with E-state index in [1.807, 2.05) is 25.1 Å². The fourth-order valence-electron chi connectivity index (χ4n) is 1.88. The molecule has 0 fully saturated rings. The third kappa shape index (κ3) is 3.18. The highest BCUT2D eigenvalue weighted by Gasteiger charge is 2.13. The molecule has 20 heavy (non-hydrogen) atoms. The van der Waals surface area contributed by atoms with Crippen LogP contribution in [0.4, 0.5) is 0 Å². The molecule has 3 heteroatoms. The van der Waals surface area contributed by atoms with Crippen molar-refractivity contribution in [1.82, 2.24) is 0 Å². The Balaban J connectivity index is 2.14. The van der Waals surface area contributed by atoms with Gasteiger partial charge in [0.2, 0.25) is 0 Å². The highest BCUT2D eigenvalue weighted by Crippen LogP contribution is 2.25. The maximum Gasteiger partial charge on any atom is 0.310 e. The molecule has 0 radical (unpaired) electrons. The standard InChI is InChI=1S/C17H18O3/c1-11-4-7-16(10-12(11)2)20-15-8-5-14(6-9-15)13(3)17(18)19/h4-10,13H,1-3H3,(H,18,19).